The highest BCUT2D eigenvalue weighted by Gasteiger charge is 2.19. The average Bonchev–Trinajstić information content (AvgIpc) is 2.79. The first kappa shape index (κ1) is 23.5. The van der Waals surface area contributed by atoms with Gasteiger partial charge in [0, 0.05) is 11.1 Å². The molecule has 0 aliphatic carbocycles. The zero-order valence-electron chi connectivity index (χ0n) is 18.2. The Morgan fingerprint density at radius 1 is 1.15 bits per heavy atom. The molecule has 1 amide bonds. The van der Waals surface area contributed by atoms with Crippen LogP contribution < -0.4 is 10.9 Å². The third-order valence-corrected chi connectivity index (χ3v) is 6.27. The van der Waals surface area contributed by atoms with Crippen LogP contribution in [0, 0.1) is 24.0 Å². The molecule has 10 heteroatoms. The molecule has 0 unspecified atom stereocenters. The van der Waals surface area contributed by atoms with Crippen molar-refractivity contribution in [1.29, 1.82) is 0 Å². The van der Waals surface area contributed by atoms with Crippen LogP contribution in [0.25, 0.3) is 16.6 Å². The van der Waals surface area contributed by atoms with Gasteiger partial charge in [0.1, 0.15) is 5.69 Å². The van der Waals surface area contributed by atoms with Crippen LogP contribution in [0.2, 0.25) is 5.02 Å². The molecule has 0 spiro atoms. The number of fused-ring (bicyclic) bond motifs is 1. The molecule has 4 rings (SSSR count). The van der Waals surface area contributed by atoms with Gasteiger partial charge < -0.3 is 5.32 Å². The van der Waals surface area contributed by atoms with Gasteiger partial charge in [-0.1, -0.05) is 53.2 Å². The Morgan fingerprint density at radius 3 is 2.65 bits per heavy atom. The molecule has 34 heavy (non-hydrogen) atoms. The number of carbonyl (C=O) groups excluding carboxylic acids is 1. The standard InChI is InChI=1S/C24H19ClN4O4S/c1-14-7-10-20(15(2)11-14)28-23(31)17-5-3-4-6-18(17)27-24(28)34-13-22(30)26-19-9-8-16(25)12-21(19)29(32)33/h3-12H,13H2,1-2H3,(H,26,30). The van der Waals surface area contributed by atoms with Gasteiger partial charge in [-0.05, 0) is 49.7 Å². The van der Waals surface area contributed by atoms with Crippen molar-refractivity contribution in [3.8, 4) is 5.69 Å². The monoisotopic (exact) mass is 494 g/mol. The molecular weight excluding hydrogens is 476 g/mol. The van der Waals surface area contributed by atoms with Gasteiger partial charge >= 0.3 is 0 Å². The zero-order valence-corrected chi connectivity index (χ0v) is 19.8. The summed E-state index contributed by atoms with van der Waals surface area (Å²) >= 11 is 6.91. The fourth-order valence-electron chi connectivity index (χ4n) is 3.56. The minimum absolute atomic E-state index is 0.0400. The number of aromatic nitrogens is 2. The van der Waals surface area contributed by atoms with Gasteiger partial charge in [-0.25, -0.2) is 4.98 Å². The van der Waals surface area contributed by atoms with E-state index in [4.69, 9.17) is 11.6 Å². The lowest BCUT2D eigenvalue weighted by Crippen LogP contribution is -2.23. The number of rotatable bonds is 6. The number of benzene rings is 3. The molecule has 0 fully saturated rings. The Morgan fingerprint density at radius 2 is 1.91 bits per heavy atom. The zero-order chi connectivity index (χ0) is 24.4. The number of nitro benzene ring substituents is 1. The largest absolute Gasteiger partial charge is 0.320 e. The van der Waals surface area contributed by atoms with Crippen LogP contribution in [0.5, 0.6) is 0 Å². The third-order valence-electron chi connectivity index (χ3n) is 5.10. The summed E-state index contributed by atoms with van der Waals surface area (Å²) in [7, 11) is 0. The molecule has 1 N–H and O–H groups in total. The van der Waals surface area contributed by atoms with Gasteiger partial charge in [-0.3, -0.25) is 24.3 Å². The first-order valence-electron chi connectivity index (χ1n) is 10.2. The van der Waals surface area contributed by atoms with Gasteiger partial charge in [0.2, 0.25) is 5.91 Å². The number of nitrogens with zero attached hydrogens (tertiary/aromatic N) is 3. The number of hydrogen-bond acceptors (Lipinski definition) is 6. The number of aryl methyl sites for hydroxylation is 2. The van der Waals surface area contributed by atoms with Crippen LogP contribution in [0.3, 0.4) is 0 Å². The normalized spacial score (nSPS) is 10.9. The molecule has 0 radical (unpaired) electrons. The molecule has 172 valence electrons. The highest BCUT2D eigenvalue weighted by molar-refractivity contribution is 7.99. The Labute approximate surface area is 203 Å². The van der Waals surface area contributed by atoms with E-state index in [1.807, 2.05) is 32.0 Å². The van der Waals surface area contributed by atoms with Gasteiger partial charge in [-0.2, -0.15) is 0 Å². The molecule has 4 aromatic rings. The molecule has 0 aliphatic rings. The Hall–Kier alpha value is -3.69. The van der Waals surface area contributed by atoms with E-state index in [9.17, 15) is 19.7 Å². The molecule has 3 aromatic carbocycles. The summed E-state index contributed by atoms with van der Waals surface area (Å²) in [5.74, 6) is -0.597. The molecule has 0 bridgehead atoms. The molecule has 0 aliphatic heterocycles. The van der Waals surface area contributed by atoms with Crippen LogP contribution in [-0.4, -0.2) is 26.1 Å². The summed E-state index contributed by atoms with van der Waals surface area (Å²) < 4.78 is 1.50. The molecular formula is C24H19ClN4O4S. The maximum atomic E-state index is 13.4. The minimum Gasteiger partial charge on any atom is -0.320 e. The first-order valence-corrected chi connectivity index (χ1v) is 11.6. The maximum absolute atomic E-state index is 13.4. The van der Waals surface area contributed by atoms with E-state index in [1.165, 1.54) is 22.8 Å². The van der Waals surface area contributed by atoms with Crippen molar-refractivity contribution >= 4 is 51.5 Å². The second kappa shape index (κ2) is 9.66. The summed E-state index contributed by atoms with van der Waals surface area (Å²) in [6, 6.07) is 16.8. The van der Waals surface area contributed by atoms with Gasteiger partial charge in [0.05, 0.1) is 27.3 Å². The number of nitrogens with one attached hydrogen (secondary N) is 1. The number of carbonyl (C=O) groups is 1. The van der Waals surface area contributed by atoms with Crippen LogP contribution in [0.4, 0.5) is 11.4 Å². The lowest BCUT2D eigenvalue weighted by Gasteiger charge is -2.15. The van der Waals surface area contributed by atoms with E-state index < -0.39 is 10.8 Å². The van der Waals surface area contributed by atoms with Crippen molar-refractivity contribution in [3.63, 3.8) is 0 Å². The van der Waals surface area contributed by atoms with Crippen molar-refractivity contribution in [3.05, 3.63) is 97.3 Å². The quantitative estimate of drug-likeness (QED) is 0.169. The highest BCUT2D eigenvalue weighted by atomic mass is 35.5. The number of thioether (sulfide) groups is 1. The van der Waals surface area contributed by atoms with Crippen LogP contribution in [-0.2, 0) is 4.79 Å². The van der Waals surface area contributed by atoms with Crippen LogP contribution in [0.1, 0.15) is 11.1 Å². The van der Waals surface area contributed by atoms with E-state index in [0.29, 0.717) is 21.7 Å². The Balaban J connectivity index is 1.69. The lowest BCUT2D eigenvalue weighted by atomic mass is 10.1. The van der Waals surface area contributed by atoms with Gasteiger partial charge in [0.15, 0.2) is 5.16 Å². The van der Waals surface area contributed by atoms with Crippen molar-refractivity contribution < 1.29 is 9.72 Å². The smallest absolute Gasteiger partial charge is 0.294 e. The lowest BCUT2D eigenvalue weighted by molar-refractivity contribution is -0.383. The van der Waals surface area contributed by atoms with Crippen molar-refractivity contribution in [2.75, 3.05) is 11.1 Å². The predicted octanol–water partition coefficient (Wildman–Crippen LogP) is 5.29. The van der Waals surface area contributed by atoms with Crippen LogP contribution in [0.15, 0.2) is 70.6 Å². The van der Waals surface area contributed by atoms with E-state index in [0.717, 1.165) is 22.9 Å². The summed E-state index contributed by atoms with van der Waals surface area (Å²) in [6.07, 6.45) is 0. The predicted molar refractivity (Wildman–Crippen MR) is 134 cm³/mol. The van der Waals surface area contributed by atoms with Crippen molar-refractivity contribution in [2.24, 2.45) is 0 Å². The maximum Gasteiger partial charge on any atom is 0.294 e. The van der Waals surface area contributed by atoms with Crippen molar-refractivity contribution in [2.45, 2.75) is 19.0 Å². The van der Waals surface area contributed by atoms with E-state index in [-0.39, 0.29) is 27.7 Å². The minimum atomic E-state index is -0.614. The van der Waals surface area contributed by atoms with Gasteiger partial charge in [-0.15, -0.1) is 0 Å². The van der Waals surface area contributed by atoms with E-state index >= 15 is 0 Å². The third kappa shape index (κ3) is 4.80. The first-order chi connectivity index (χ1) is 16.2. The van der Waals surface area contributed by atoms with E-state index in [1.54, 1.807) is 24.3 Å². The number of hydrogen-bond donors (Lipinski definition) is 1. The van der Waals surface area contributed by atoms with Crippen molar-refractivity contribution in [1.82, 2.24) is 9.55 Å². The Kier molecular flexibility index (Phi) is 6.67. The number of anilines is 1. The fourth-order valence-corrected chi connectivity index (χ4v) is 4.53. The summed E-state index contributed by atoms with van der Waals surface area (Å²) in [6.45, 7) is 3.87. The highest BCUT2D eigenvalue weighted by Crippen LogP contribution is 2.29. The summed E-state index contributed by atoms with van der Waals surface area (Å²) in [4.78, 5) is 41.4. The fraction of sp³-hybridized carbons (Fsp3) is 0.125. The molecule has 0 atom stereocenters. The average molecular weight is 495 g/mol. The topological polar surface area (TPSA) is 107 Å². The Bertz CT molecular complexity index is 1500. The second-order valence-electron chi connectivity index (χ2n) is 7.60. The number of nitro groups is 1. The number of halogens is 1. The van der Waals surface area contributed by atoms with Gasteiger partial charge in [0.25, 0.3) is 11.2 Å². The SMILES string of the molecule is Cc1ccc(-n2c(SCC(=O)Nc3ccc(Cl)cc3[N+](=O)[O-])nc3ccccc3c2=O)c(C)c1. The van der Waals surface area contributed by atoms with Crippen LogP contribution >= 0.6 is 23.4 Å². The summed E-state index contributed by atoms with van der Waals surface area (Å²) in [5, 5.41) is 14.8. The number of para-hydroxylation sites is 1. The van der Waals surface area contributed by atoms with E-state index in [2.05, 4.69) is 10.3 Å². The number of amides is 1. The molecule has 1 aromatic heterocycles. The molecule has 8 nitrogen and oxygen atoms in total. The molecule has 1 heterocycles. The summed E-state index contributed by atoms with van der Waals surface area (Å²) in [5.41, 5.74) is 2.63. The second-order valence-corrected chi connectivity index (χ2v) is 8.98. The molecule has 0 saturated heterocycles. The molecule has 0 saturated carbocycles.